The van der Waals surface area contributed by atoms with Crippen LogP contribution in [0.4, 0.5) is 0 Å². The fraction of sp³-hybridized carbons (Fsp3) is 0.500. The van der Waals surface area contributed by atoms with E-state index in [4.69, 9.17) is 5.26 Å². The van der Waals surface area contributed by atoms with Crippen molar-refractivity contribution in [3.05, 3.63) is 35.4 Å². The average molecular weight is 229 g/mol. The van der Waals surface area contributed by atoms with E-state index in [2.05, 4.69) is 29.4 Å². The molecule has 1 atom stereocenters. The highest BCUT2D eigenvalue weighted by Gasteiger charge is 2.18. The number of nitrogens with one attached hydrogen (secondary N) is 1. The summed E-state index contributed by atoms with van der Waals surface area (Å²) in [5.74, 6) is 0.777. The molecule has 1 unspecified atom stereocenters. The molecule has 2 rings (SSSR count). The van der Waals surface area contributed by atoms with E-state index < -0.39 is 0 Å². The van der Waals surface area contributed by atoms with Gasteiger partial charge in [-0.2, -0.15) is 5.26 Å². The van der Waals surface area contributed by atoms with Crippen molar-refractivity contribution in [2.45, 2.75) is 13.0 Å². The van der Waals surface area contributed by atoms with Gasteiger partial charge in [-0.3, -0.25) is 0 Å². The molecule has 3 heteroatoms. The van der Waals surface area contributed by atoms with Crippen LogP contribution < -0.4 is 5.32 Å². The van der Waals surface area contributed by atoms with E-state index in [0.717, 1.165) is 24.6 Å². The van der Waals surface area contributed by atoms with Crippen LogP contribution in [0.15, 0.2) is 24.3 Å². The smallest absolute Gasteiger partial charge is 0.0991 e. The maximum Gasteiger partial charge on any atom is 0.0991 e. The third kappa shape index (κ3) is 3.55. The Hall–Kier alpha value is -1.37. The van der Waals surface area contributed by atoms with Crippen LogP contribution >= 0.6 is 0 Å². The number of nitrogens with zero attached hydrogens (tertiary/aromatic N) is 2. The van der Waals surface area contributed by atoms with Crippen molar-refractivity contribution >= 4 is 0 Å². The molecule has 1 N–H and O–H groups in total. The molecule has 1 aliphatic rings. The largest absolute Gasteiger partial charge is 0.312 e. The highest BCUT2D eigenvalue weighted by Crippen LogP contribution is 2.13. The molecular weight excluding hydrogens is 210 g/mol. The first-order valence-electron chi connectivity index (χ1n) is 6.16. The monoisotopic (exact) mass is 229 g/mol. The lowest BCUT2D eigenvalue weighted by molar-refractivity contribution is 0.388. The van der Waals surface area contributed by atoms with E-state index >= 15 is 0 Å². The van der Waals surface area contributed by atoms with Crippen molar-refractivity contribution in [1.82, 2.24) is 10.2 Å². The second kappa shape index (κ2) is 5.81. The lowest BCUT2D eigenvalue weighted by Gasteiger charge is -2.11. The third-order valence-electron chi connectivity index (χ3n) is 3.31. The molecule has 0 aromatic heterocycles. The molecule has 0 amide bonds. The van der Waals surface area contributed by atoms with E-state index in [-0.39, 0.29) is 0 Å². The summed E-state index contributed by atoms with van der Waals surface area (Å²) in [6.45, 7) is 4.35. The van der Waals surface area contributed by atoms with Crippen molar-refractivity contribution in [3.63, 3.8) is 0 Å². The van der Waals surface area contributed by atoms with Crippen LogP contribution in [0.2, 0.25) is 0 Å². The molecule has 0 bridgehead atoms. The summed E-state index contributed by atoms with van der Waals surface area (Å²) < 4.78 is 0. The fourth-order valence-electron chi connectivity index (χ4n) is 2.36. The van der Waals surface area contributed by atoms with Crippen LogP contribution in [-0.4, -0.2) is 31.6 Å². The minimum absolute atomic E-state index is 0.741. The zero-order valence-electron chi connectivity index (χ0n) is 10.3. The number of benzene rings is 1. The van der Waals surface area contributed by atoms with E-state index in [9.17, 15) is 0 Å². The van der Waals surface area contributed by atoms with E-state index in [1.807, 2.05) is 18.2 Å². The van der Waals surface area contributed by atoms with Gasteiger partial charge in [-0.25, -0.2) is 0 Å². The maximum absolute atomic E-state index is 8.81. The standard InChI is InChI=1S/C14H19N3/c1-17-6-5-14(11-17)10-16-9-13-4-2-3-12(7-13)8-15/h2-4,7,14,16H,5-6,9-11H2,1H3. The van der Waals surface area contributed by atoms with Crippen molar-refractivity contribution in [2.24, 2.45) is 5.92 Å². The lowest BCUT2D eigenvalue weighted by Crippen LogP contribution is -2.24. The van der Waals surface area contributed by atoms with Crippen LogP contribution in [0, 0.1) is 17.2 Å². The molecule has 1 aromatic rings. The summed E-state index contributed by atoms with van der Waals surface area (Å²) in [6.07, 6.45) is 1.29. The molecule has 3 nitrogen and oxygen atoms in total. The van der Waals surface area contributed by atoms with Crippen LogP contribution in [0.5, 0.6) is 0 Å². The van der Waals surface area contributed by atoms with Gasteiger partial charge in [0.2, 0.25) is 0 Å². The number of rotatable bonds is 4. The van der Waals surface area contributed by atoms with Crippen molar-refractivity contribution < 1.29 is 0 Å². The molecule has 17 heavy (non-hydrogen) atoms. The number of nitriles is 1. The summed E-state index contributed by atoms with van der Waals surface area (Å²) in [4.78, 5) is 2.38. The first kappa shape index (κ1) is 12.1. The Kier molecular flexibility index (Phi) is 4.13. The summed E-state index contributed by atoms with van der Waals surface area (Å²) in [5, 5.41) is 12.3. The molecule has 0 radical (unpaired) electrons. The Labute approximate surface area is 103 Å². The van der Waals surface area contributed by atoms with Gasteiger partial charge < -0.3 is 10.2 Å². The highest BCUT2D eigenvalue weighted by molar-refractivity contribution is 5.32. The normalized spacial score (nSPS) is 20.4. The molecule has 0 saturated carbocycles. The van der Waals surface area contributed by atoms with Gasteiger partial charge in [-0.15, -0.1) is 0 Å². The van der Waals surface area contributed by atoms with Gasteiger partial charge in [-0.05, 0) is 50.2 Å². The first-order valence-corrected chi connectivity index (χ1v) is 6.16. The number of hydrogen-bond acceptors (Lipinski definition) is 3. The van der Waals surface area contributed by atoms with Crippen molar-refractivity contribution in [1.29, 1.82) is 5.26 Å². The van der Waals surface area contributed by atoms with Crippen LogP contribution in [0.3, 0.4) is 0 Å². The predicted octanol–water partition coefficient (Wildman–Crippen LogP) is 1.60. The molecule has 0 aliphatic carbocycles. The van der Waals surface area contributed by atoms with Gasteiger partial charge in [0.25, 0.3) is 0 Å². The van der Waals surface area contributed by atoms with Crippen LogP contribution in [0.25, 0.3) is 0 Å². The molecule has 1 heterocycles. The molecule has 0 spiro atoms. The van der Waals surface area contributed by atoms with Crippen molar-refractivity contribution in [2.75, 3.05) is 26.7 Å². The second-order valence-electron chi connectivity index (χ2n) is 4.86. The zero-order chi connectivity index (χ0) is 12.1. The van der Waals surface area contributed by atoms with Gasteiger partial charge in [0.15, 0.2) is 0 Å². The minimum atomic E-state index is 0.741. The number of likely N-dealkylation sites (tertiary alicyclic amines) is 1. The molecule has 1 fully saturated rings. The van der Waals surface area contributed by atoms with Crippen molar-refractivity contribution in [3.8, 4) is 6.07 Å². The van der Waals surface area contributed by atoms with E-state index in [0.29, 0.717) is 0 Å². The average Bonchev–Trinajstić information content (AvgIpc) is 2.75. The number of hydrogen-bond donors (Lipinski definition) is 1. The quantitative estimate of drug-likeness (QED) is 0.852. The van der Waals surface area contributed by atoms with Gasteiger partial charge in [-0.1, -0.05) is 12.1 Å². The molecule has 90 valence electrons. The Balaban J connectivity index is 1.76. The Morgan fingerprint density at radius 3 is 3.12 bits per heavy atom. The third-order valence-corrected chi connectivity index (χ3v) is 3.31. The molecule has 1 aliphatic heterocycles. The van der Waals surface area contributed by atoms with Crippen LogP contribution in [-0.2, 0) is 6.54 Å². The fourth-order valence-corrected chi connectivity index (χ4v) is 2.36. The Morgan fingerprint density at radius 2 is 2.41 bits per heavy atom. The van der Waals surface area contributed by atoms with Gasteiger partial charge in [0.1, 0.15) is 0 Å². The second-order valence-corrected chi connectivity index (χ2v) is 4.86. The first-order chi connectivity index (χ1) is 8.28. The lowest BCUT2D eigenvalue weighted by atomic mass is 10.1. The zero-order valence-corrected chi connectivity index (χ0v) is 10.3. The SMILES string of the molecule is CN1CCC(CNCc2cccc(C#N)c2)C1. The molecule has 1 saturated heterocycles. The molecule has 1 aromatic carbocycles. The van der Waals surface area contributed by atoms with E-state index in [1.165, 1.54) is 25.1 Å². The minimum Gasteiger partial charge on any atom is -0.312 e. The summed E-state index contributed by atoms with van der Waals surface area (Å²) in [7, 11) is 2.18. The predicted molar refractivity (Wildman–Crippen MR) is 68.5 cm³/mol. The Morgan fingerprint density at radius 1 is 1.53 bits per heavy atom. The Bertz CT molecular complexity index is 408. The maximum atomic E-state index is 8.81. The topological polar surface area (TPSA) is 39.1 Å². The summed E-state index contributed by atoms with van der Waals surface area (Å²) in [5.41, 5.74) is 1.93. The van der Waals surface area contributed by atoms with Crippen LogP contribution in [0.1, 0.15) is 17.5 Å². The highest BCUT2D eigenvalue weighted by atomic mass is 15.1. The summed E-state index contributed by atoms with van der Waals surface area (Å²) in [6, 6.07) is 9.97. The summed E-state index contributed by atoms with van der Waals surface area (Å²) >= 11 is 0. The van der Waals surface area contributed by atoms with Gasteiger partial charge >= 0.3 is 0 Å². The van der Waals surface area contributed by atoms with Gasteiger partial charge in [0, 0.05) is 13.1 Å². The molecular formula is C14H19N3. The van der Waals surface area contributed by atoms with E-state index in [1.54, 1.807) is 0 Å². The van der Waals surface area contributed by atoms with Gasteiger partial charge in [0.05, 0.1) is 11.6 Å².